The smallest absolute Gasteiger partial charge is 0.00143 e. The van der Waals surface area contributed by atoms with Gasteiger partial charge in [0.2, 0.25) is 0 Å². The highest BCUT2D eigenvalue weighted by atomic mass is 14.3. The summed E-state index contributed by atoms with van der Waals surface area (Å²) >= 11 is 0. The highest BCUT2D eigenvalue weighted by molar-refractivity contribution is 6.07. The van der Waals surface area contributed by atoms with Crippen LogP contribution in [-0.2, 0) is 25.7 Å². The molecular formula is C46H36. The minimum absolute atomic E-state index is 0.991. The van der Waals surface area contributed by atoms with E-state index in [-0.39, 0.29) is 0 Å². The van der Waals surface area contributed by atoms with Crippen LogP contribution in [0.1, 0.15) is 22.3 Å². The summed E-state index contributed by atoms with van der Waals surface area (Å²) in [6.07, 6.45) is 4.08. The molecule has 7 aromatic rings. The van der Waals surface area contributed by atoms with Crippen LogP contribution < -0.4 is 0 Å². The van der Waals surface area contributed by atoms with Crippen LogP contribution in [0.25, 0.3) is 55.6 Å². The largest absolute Gasteiger partial charge is 0.0622 e. The number of hydrogen-bond acceptors (Lipinski definition) is 0. The zero-order valence-corrected chi connectivity index (χ0v) is 26.0. The average molecular weight is 589 g/mol. The van der Waals surface area contributed by atoms with Gasteiger partial charge in [0.05, 0.1) is 0 Å². The summed E-state index contributed by atoms with van der Waals surface area (Å²) in [7, 11) is 0. The monoisotopic (exact) mass is 588 g/mol. The van der Waals surface area contributed by atoms with E-state index in [1.165, 1.54) is 77.9 Å². The van der Waals surface area contributed by atoms with Gasteiger partial charge >= 0.3 is 0 Å². The van der Waals surface area contributed by atoms with Gasteiger partial charge in [-0.2, -0.15) is 0 Å². The Balaban J connectivity index is 1.50. The fourth-order valence-electron chi connectivity index (χ4n) is 7.13. The molecule has 0 aromatic heterocycles. The standard InChI is InChI=1S/C46H36/c1-5-13-36(14-6-1)42-32-43(41-31-35-26-25-33-21-23-34(24-22-33)27-29-37(41)30-28-35)45(39-17-9-3-10-18-39)46(40-19-11-4-12-20-40)44(42)38-15-7-2-8-16-38/h1-24,28,30-32H,25-27,29H2. The van der Waals surface area contributed by atoms with Crippen LogP contribution in [0.5, 0.6) is 0 Å². The van der Waals surface area contributed by atoms with Gasteiger partial charge in [0, 0.05) is 0 Å². The lowest BCUT2D eigenvalue weighted by molar-refractivity contribution is 0.923. The molecule has 0 heteroatoms. The minimum Gasteiger partial charge on any atom is -0.0622 e. The molecule has 0 spiro atoms. The summed E-state index contributed by atoms with van der Waals surface area (Å²) in [5.74, 6) is 0. The molecule has 0 amide bonds. The third-order valence-corrected chi connectivity index (χ3v) is 9.47. The van der Waals surface area contributed by atoms with Crippen molar-refractivity contribution >= 4 is 0 Å². The summed E-state index contributed by atoms with van der Waals surface area (Å²) in [4.78, 5) is 0. The second kappa shape index (κ2) is 12.5. The van der Waals surface area contributed by atoms with Gasteiger partial charge in [-0.15, -0.1) is 0 Å². The molecule has 4 aliphatic carbocycles. The van der Waals surface area contributed by atoms with E-state index in [2.05, 4.69) is 170 Å². The Morgan fingerprint density at radius 1 is 0.261 bits per heavy atom. The van der Waals surface area contributed by atoms with Crippen molar-refractivity contribution in [3.05, 3.63) is 192 Å². The second-order valence-electron chi connectivity index (χ2n) is 12.4. The summed E-state index contributed by atoms with van der Waals surface area (Å²) in [6.45, 7) is 0. The maximum absolute atomic E-state index is 2.50. The second-order valence-corrected chi connectivity index (χ2v) is 12.4. The molecule has 4 aliphatic rings. The van der Waals surface area contributed by atoms with Gasteiger partial charge < -0.3 is 0 Å². The third-order valence-electron chi connectivity index (χ3n) is 9.47. The molecule has 11 rings (SSSR count). The number of hydrogen-bond donors (Lipinski definition) is 0. The fourth-order valence-corrected chi connectivity index (χ4v) is 7.13. The lowest BCUT2D eigenvalue weighted by Crippen LogP contribution is -2.03. The van der Waals surface area contributed by atoms with Crippen LogP contribution in [0.3, 0.4) is 0 Å². The molecule has 46 heavy (non-hydrogen) atoms. The van der Waals surface area contributed by atoms with E-state index < -0.39 is 0 Å². The van der Waals surface area contributed by atoms with Crippen LogP contribution in [0.4, 0.5) is 0 Å². The van der Waals surface area contributed by atoms with Crippen molar-refractivity contribution in [2.24, 2.45) is 0 Å². The van der Waals surface area contributed by atoms with Crippen molar-refractivity contribution in [2.45, 2.75) is 25.7 Å². The molecule has 0 radical (unpaired) electrons. The lowest BCUT2D eigenvalue weighted by atomic mass is 9.77. The van der Waals surface area contributed by atoms with Gasteiger partial charge in [0.1, 0.15) is 0 Å². The Labute approximate surface area is 272 Å². The summed E-state index contributed by atoms with van der Waals surface area (Å²) in [5.41, 5.74) is 18.3. The van der Waals surface area contributed by atoms with Gasteiger partial charge in [-0.3, -0.25) is 0 Å². The lowest BCUT2D eigenvalue weighted by Gasteiger charge is -2.26. The van der Waals surface area contributed by atoms with E-state index in [9.17, 15) is 0 Å². The molecule has 220 valence electrons. The minimum atomic E-state index is 0.991. The van der Waals surface area contributed by atoms with Crippen LogP contribution in [0.15, 0.2) is 170 Å². The highest BCUT2D eigenvalue weighted by Gasteiger charge is 2.25. The van der Waals surface area contributed by atoms with E-state index in [1.54, 1.807) is 0 Å². The maximum atomic E-state index is 2.50. The first-order valence-electron chi connectivity index (χ1n) is 16.4. The van der Waals surface area contributed by atoms with Crippen molar-refractivity contribution in [1.82, 2.24) is 0 Å². The first-order chi connectivity index (χ1) is 22.8. The van der Waals surface area contributed by atoms with E-state index >= 15 is 0 Å². The summed E-state index contributed by atoms with van der Waals surface area (Å²) in [6, 6.07) is 63.0. The van der Waals surface area contributed by atoms with Crippen LogP contribution in [0.2, 0.25) is 0 Å². The van der Waals surface area contributed by atoms with E-state index in [0.717, 1.165) is 25.7 Å². The highest BCUT2D eigenvalue weighted by Crippen LogP contribution is 2.50. The zero-order valence-electron chi connectivity index (χ0n) is 26.0. The van der Waals surface area contributed by atoms with Gasteiger partial charge in [-0.25, -0.2) is 0 Å². The van der Waals surface area contributed by atoms with E-state index in [1.807, 2.05) is 0 Å². The van der Waals surface area contributed by atoms with Crippen molar-refractivity contribution in [2.75, 3.05) is 0 Å². The zero-order chi connectivity index (χ0) is 30.7. The molecule has 0 unspecified atom stereocenters. The Hall–Kier alpha value is -5.46. The normalized spacial score (nSPS) is 12.4. The molecule has 0 nitrogen and oxygen atoms in total. The van der Waals surface area contributed by atoms with Crippen LogP contribution in [-0.4, -0.2) is 0 Å². The van der Waals surface area contributed by atoms with E-state index in [0.29, 0.717) is 0 Å². The molecule has 0 aliphatic heterocycles. The Morgan fingerprint density at radius 3 is 1.22 bits per heavy atom. The molecule has 7 aromatic carbocycles. The predicted molar refractivity (Wildman–Crippen MR) is 195 cm³/mol. The van der Waals surface area contributed by atoms with Crippen molar-refractivity contribution < 1.29 is 0 Å². The van der Waals surface area contributed by atoms with Gasteiger partial charge in [-0.1, -0.05) is 164 Å². The molecule has 0 atom stereocenters. The fraction of sp³-hybridized carbons (Fsp3) is 0.0870. The first kappa shape index (κ1) is 28.0. The molecular weight excluding hydrogens is 553 g/mol. The Kier molecular flexibility index (Phi) is 7.62. The molecule has 4 bridgehead atoms. The number of rotatable bonds is 5. The Bertz CT molecular complexity index is 2090. The van der Waals surface area contributed by atoms with Crippen molar-refractivity contribution in [1.29, 1.82) is 0 Å². The summed E-state index contributed by atoms with van der Waals surface area (Å²) in [5, 5.41) is 0. The van der Waals surface area contributed by atoms with Gasteiger partial charge in [0.15, 0.2) is 0 Å². The molecule has 0 N–H and O–H groups in total. The molecule has 0 heterocycles. The quantitative estimate of drug-likeness (QED) is 0.188. The van der Waals surface area contributed by atoms with Crippen molar-refractivity contribution in [3.63, 3.8) is 0 Å². The van der Waals surface area contributed by atoms with Crippen LogP contribution >= 0.6 is 0 Å². The van der Waals surface area contributed by atoms with Crippen molar-refractivity contribution in [3.8, 4) is 55.6 Å². The van der Waals surface area contributed by atoms with Crippen LogP contribution in [0, 0.1) is 0 Å². The molecule has 0 fully saturated rings. The molecule has 0 saturated heterocycles. The maximum Gasteiger partial charge on any atom is -0.00143 e. The third kappa shape index (κ3) is 5.48. The number of aryl methyl sites for hydroxylation is 4. The van der Waals surface area contributed by atoms with Gasteiger partial charge in [0.25, 0.3) is 0 Å². The summed E-state index contributed by atoms with van der Waals surface area (Å²) < 4.78 is 0. The topological polar surface area (TPSA) is 0 Å². The average Bonchev–Trinajstić information content (AvgIpc) is 3.13. The van der Waals surface area contributed by atoms with Gasteiger partial charge in [-0.05, 0) is 110 Å². The number of benzene rings is 7. The Morgan fingerprint density at radius 2 is 0.674 bits per heavy atom. The van der Waals surface area contributed by atoms with E-state index in [4.69, 9.17) is 0 Å². The predicted octanol–water partition coefficient (Wildman–Crippen LogP) is 11.9. The molecule has 0 saturated carbocycles. The first-order valence-corrected chi connectivity index (χ1v) is 16.4. The SMILES string of the molecule is c1ccc(-c2cc(-c3cc4ccc3CCc3ccc(cc3)CC4)c(-c3ccccc3)c(-c3ccccc3)c2-c2ccccc2)cc1.